The van der Waals surface area contributed by atoms with E-state index in [4.69, 9.17) is 10.5 Å². The highest BCUT2D eigenvalue weighted by Crippen LogP contribution is 2.29. The van der Waals surface area contributed by atoms with Gasteiger partial charge in [0.05, 0.1) is 6.42 Å². The summed E-state index contributed by atoms with van der Waals surface area (Å²) in [6.45, 7) is 1.21. The van der Waals surface area contributed by atoms with Gasteiger partial charge in [0.15, 0.2) is 0 Å². The molecule has 1 aromatic carbocycles. The van der Waals surface area contributed by atoms with Crippen molar-refractivity contribution in [2.24, 2.45) is 5.73 Å². The summed E-state index contributed by atoms with van der Waals surface area (Å²) in [4.78, 5) is 10.7. The molecule has 17 heavy (non-hydrogen) atoms. The van der Waals surface area contributed by atoms with E-state index >= 15 is 0 Å². The molecule has 0 radical (unpaired) electrons. The lowest BCUT2D eigenvalue weighted by Gasteiger charge is -2.15. The van der Waals surface area contributed by atoms with Crippen molar-refractivity contribution >= 4 is 5.97 Å². The highest BCUT2D eigenvalue weighted by Gasteiger charge is 2.30. The molecule has 0 saturated carbocycles. The van der Waals surface area contributed by atoms with Gasteiger partial charge in [-0.05, 0) is 17.7 Å². The van der Waals surface area contributed by atoms with E-state index in [-0.39, 0.29) is 11.3 Å². The van der Waals surface area contributed by atoms with E-state index in [1.54, 1.807) is 0 Å². The summed E-state index contributed by atoms with van der Waals surface area (Å²) in [5, 5.41) is 0. The first kappa shape index (κ1) is 13.5. The average Bonchev–Trinajstić information content (AvgIpc) is 2.14. The maximum absolute atomic E-state index is 12.1. The van der Waals surface area contributed by atoms with Crippen molar-refractivity contribution in [3.05, 3.63) is 29.8 Å². The van der Waals surface area contributed by atoms with Gasteiger partial charge in [-0.2, -0.15) is 13.2 Å². The molecule has 2 N–H and O–H groups in total. The van der Waals surface area contributed by atoms with Crippen LogP contribution in [0.1, 0.15) is 24.9 Å². The molecule has 0 amide bonds. The minimum absolute atomic E-state index is 0.188. The van der Waals surface area contributed by atoms with Gasteiger partial charge in [-0.15, -0.1) is 0 Å². The van der Waals surface area contributed by atoms with Crippen molar-refractivity contribution < 1.29 is 22.7 Å². The molecule has 0 aliphatic heterocycles. The van der Waals surface area contributed by atoms with Crippen LogP contribution in [0.25, 0.3) is 0 Å². The minimum atomic E-state index is -4.32. The van der Waals surface area contributed by atoms with E-state index in [0.717, 1.165) is 0 Å². The lowest BCUT2D eigenvalue weighted by Crippen LogP contribution is -2.20. The Labute approximate surface area is 96.4 Å². The van der Waals surface area contributed by atoms with Crippen LogP contribution in [0.2, 0.25) is 0 Å². The van der Waals surface area contributed by atoms with Crippen molar-refractivity contribution in [1.29, 1.82) is 0 Å². The fourth-order valence-electron chi connectivity index (χ4n) is 1.34. The van der Waals surface area contributed by atoms with Crippen molar-refractivity contribution in [2.75, 3.05) is 0 Å². The average molecular weight is 247 g/mol. The topological polar surface area (TPSA) is 52.3 Å². The van der Waals surface area contributed by atoms with Crippen LogP contribution in [0.3, 0.4) is 0 Å². The standard InChI is InChI=1S/C11H12F3NO2/c1-7(16)17-9-4-2-3-8(5-9)10(15)6-11(12,13)14/h2-5,10H,6,15H2,1H3/t10-/m0/s1. The van der Waals surface area contributed by atoms with Crippen molar-refractivity contribution in [1.82, 2.24) is 0 Å². The van der Waals surface area contributed by atoms with Crippen LogP contribution in [0.5, 0.6) is 5.75 Å². The second-order valence-corrected chi connectivity index (χ2v) is 3.59. The van der Waals surface area contributed by atoms with E-state index in [2.05, 4.69) is 0 Å². The molecule has 94 valence electrons. The third-order valence-electron chi connectivity index (χ3n) is 2.00. The highest BCUT2D eigenvalue weighted by molar-refractivity contribution is 5.69. The summed E-state index contributed by atoms with van der Waals surface area (Å²) >= 11 is 0. The predicted molar refractivity (Wildman–Crippen MR) is 55.4 cm³/mol. The lowest BCUT2D eigenvalue weighted by molar-refractivity contribution is -0.138. The number of carbonyl (C=O) groups excluding carboxylic acids is 1. The minimum Gasteiger partial charge on any atom is -0.427 e. The predicted octanol–water partition coefficient (Wildman–Crippen LogP) is 2.56. The van der Waals surface area contributed by atoms with E-state index in [0.29, 0.717) is 0 Å². The normalized spacial score (nSPS) is 13.2. The van der Waals surface area contributed by atoms with Crippen LogP contribution in [0, 0.1) is 0 Å². The second-order valence-electron chi connectivity index (χ2n) is 3.59. The molecule has 3 nitrogen and oxygen atoms in total. The summed E-state index contributed by atoms with van der Waals surface area (Å²) in [6, 6.07) is 4.60. The first-order chi connectivity index (χ1) is 7.78. The monoisotopic (exact) mass is 247 g/mol. The zero-order valence-corrected chi connectivity index (χ0v) is 9.12. The number of hydrogen-bond donors (Lipinski definition) is 1. The van der Waals surface area contributed by atoms with Gasteiger partial charge in [0.1, 0.15) is 5.75 Å². The molecule has 0 spiro atoms. The van der Waals surface area contributed by atoms with Gasteiger partial charge in [-0.3, -0.25) is 4.79 Å². The fraction of sp³-hybridized carbons (Fsp3) is 0.364. The summed E-state index contributed by atoms with van der Waals surface area (Å²) in [5.74, 6) is -0.348. The molecule has 0 aromatic heterocycles. The van der Waals surface area contributed by atoms with E-state index < -0.39 is 24.6 Å². The van der Waals surface area contributed by atoms with E-state index in [9.17, 15) is 18.0 Å². The zero-order valence-electron chi connectivity index (χ0n) is 9.12. The number of esters is 1. The maximum atomic E-state index is 12.1. The lowest BCUT2D eigenvalue weighted by atomic mass is 10.0. The number of nitrogens with two attached hydrogens (primary N) is 1. The molecular weight excluding hydrogens is 235 g/mol. The SMILES string of the molecule is CC(=O)Oc1cccc([C@@H](N)CC(F)(F)F)c1. The van der Waals surface area contributed by atoms with Gasteiger partial charge in [0, 0.05) is 13.0 Å². The third-order valence-corrected chi connectivity index (χ3v) is 2.00. The number of rotatable bonds is 3. The molecule has 0 bridgehead atoms. The quantitative estimate of drug-likeness (QED) is 0.659. The molecule has 0 heterocycles. The fourth-order valence-corrected chi connectivity index (χ4v) is 1.34. The van der Waals surface area contributed by atoms with Gasteiger partial charge in [-0.25, -0.2) is 0 Å². The van der Waals surface area contributed by atoms with Crippen LogP contribution in [0.4, 0.5) is 13.2 Å². The Kier molecular flexibility index (Phi) is 4.11. The second kappa shape index (κ2) is 5.18. The first-order valence-corrected chi connectivity index (χ1v) is 4.88. The molecule has 6 heteroatoms. The van der Waals surface area contributed by atoms with Crippen LogP contribution >= 0.6 is 0 Å². The Balaban J connectivity index is 2.80. The van der Waals surface area contributed by atoms with Gasteiger partial charge in [0.2, 0.25) is 0 Å². The number of alkyl halides is 3. The molecule has 1 atom stereocenters. The van der Waals surface area contributed by atoms with Crippen LogP contribution in [-0.4, -0.2) is 12.1 Å². The Bertz CT molecular complexity index is 404. The molecule has 0 aliphatic carbocycles. The van der Waals surface area contributed by atoms with E-state index in [1.807, 2.05) is 0 Å². The van der Waals surface area contributed by atoms with Crippen molar-refractivity contribution in [3.63, 3.8) is 0 Å². The number of halogens is 3. The maximum Gasteiger partial charge on any atom is 0.390 e. The Morgan fingerprint density at radius 1 is 1.47 bits per heavy atom. The molecule has 1 aromatic rings. The third kappa shape index (κ3) is 4.86. The van der Waals surface area contributed by atoms with E-state index in [1.165, 1.54) is 31.2 Å². The molecule has 0 aliphatic rings. The number of hydrogen-bond acceptors (Lipinski definition) is 3. The number of carbonyl (C=O) groups is 1. The molecule has 0 unspecified atom stereocenters. The summed E-state index contributed by atoms with van der Waals surface area (Å²) in [6.07, 6.45) is -5.44. The van der Waals surface area contributed by atoms with Crippen molar-refractivity contribution in [2.45, 2.75) is 25.6 Å². The Hall–Kier alpha value is -1.56. The summed E-state index contributed by atoms with van der Waals surface area (Å²) in [5.41, 5.74) is 5.70. The first-order valence-electron chi connectivity index (χ1n) is 4.88. The molecular formula is C11H12F3NO2. The summed E-state index contributed by atoms with van der Waals surface area (Å²) < 4.78 is 41.2. The highest BCUT2D eigenvalue weighted by atomic mass is 19.4. The van der Waals surface area contributed by atoms with Gasteiger partial charge >= 0.3 is 12.1 Å². The number of ether oxygens (including phenoxy) is 1. The largest absolute Gasteiger partial charge is 0.427 e. The molecule has 1 rings (SSSR count). The van der Waals surface area contributed by atoms with Crippen LogP contribution in [0.15, 0.2) is 24.3 Å². The smallest absolute Gasteiger partial charge is 0.390 e. The molecule has 0 fully saturated rings. The van der Waals surface area contributed by atoms with Crippen LogP contribution in [-0.2, 0) is 4.79 Å². The Morgan fingerprint density at radius 2 is 2.12 bits per heavy atom. The number of benzene rings is 1. The molecule has 0 saturated heterocycles. The Morgan fingerprint density at radius 3 is 2.65 bits per heavy atom. The van der Waals surface area contributed by atoms with Gasteiger partial charge in [0.25, 0.3) is 0 Å². The van der Waals surface area contributed by atoms with Crippen LogP contribution < -0.4 is 10.5 Å². The zero-order chi connectivity index (χ0) is 13.1. The van der Waals surface area contributed by atoms with Gasteiger partial charge < -0.3 is 10.5 Å². The van der Waals surface area contributed by atoms with Gasteiger partial charge in [-0.1, -0.05) is 12.1 Å². The van der Waals surface area contributed by atoms with Crippen molar-refractivity contribution in [3.8, 4) is 5.75 Å². The summed E-state index contributed by atoms with van der Waals surface area (Å²) in [7, 11) is 0.